The van der Waals surface area contributed by atoms with Gasteiger partial charge in [0.1, 0.15) is 0 Å². The highest BCUT2D eigenvalue weighted by Gasteiger charge is 2.26. The first kappa shape index (κ1) is 17.6. The molecule has 0 aliphatic carbocycles. The average molecular weight is 319 g/mol. The lowest BCUT2D eigenvalue weighted by molar-refractivity contribution is 0.410. The van der Waals surface area contributed by atoms with Gasteiger partial charge in [0.2, 0.25) is 10.0 Å². The second-order valence-corrected chi connectivity index (χ2v) is 8.06. The zero-order valence-electron chi connectivity index (χ0n) is 12.9. The van der Waals surface area contributed by atoms with Crippen molar-refractivity contribution in [2.24, 2.45) is 0 Å². The molecule has 1 N–H and O–H groups in total. The van der Waals surface area contributed by atoms with Gasteiger partial charge in [-0.1, -0.05) is 20.8 Å². The van der Waals surface area contributed by atoms with Crippen LogP contribution in [0.15, 0.2) is 11.0 Å². The van der Waals surface area contributed by atoms with Crippen LogP contribution in [0.1, 0.15) is 43.4 Å². The van der Waals surface area contributed by atoms with Crippen LogP contribution in [-0.4, -0.2) is 32.4 Å². The third-order valence-corrected chi connectivity index (χ3v) is 6.24. The van der Waals surface area contributed by atoms with Gasteiger partial charge < -0.3 is 5.32 Å². The van der Waals surface area contributed by atoms with Crippen LogP contribution < -0.4 is 5.32 Å². The molecule has 0 aliphatic rings. The van der Waals surface area contributed by atoms with Crippen molar-refractivity contribution in [2.75, 3.05) is 19.6 Å². The Hall–Kier alpha value is -0.430. The lowest BCUT2D eigenvalue weighted by Gasteiger charge is -2.20. The summed E-state index contributed by atoms with van der Waals surface area (Å²) in [4.78, 5) is 2.45. The minimum Gasteiger partial charge on any atom is -0.312 e. The van der Waals surface area contributed by atoms with Crippen molar-refractivity contribution in [3.63, 3.8) is 0 Å². The Balaban J connectivity index is 3.03. The highest BCUT2D eigenvalue weighted by molar-refractivity contribution is 7.89. The zero-order valence-corrected chi connectivity index (χ0v) is 14.5. The van der Waals surface area contributed by atoms with E-state index in [1.807, 2.05) is 33.8 Å². The summed E-state index contributed by atoms with van der Waals surface area (Å²) >= 11 is 1.57. The lowest BCUT2D eigenvalue weighted by Crippen LogP contribution is -2.32. The van der Waals surface area contributed by atoms with Gasteiger partial charge >= 0.3 is 0 Å². The van der Waals surface area contributed by atoms with Crippen molar-refractivity contribution in [1.29, 1.82) is 0 Å². The molecule has 6 heteroatoms. The Labute approximate surface area is 127 Å². The molecule has 0 amide bonds. The van der Waals surface area contributed by atoms with Crippen LogP contribution >= 0.6 is 11.3 Å². The van der Waals surface area contributed by atoms with Crippen LogP contribution in [-0.2, 0) is 16.6 Å². The van der Waals surface area contributed by atoms with Gasteiger partial charge in [-0.2, -0.15) is 4.31 Å². The summed E-state index contributed by atoms with van der Waals surface area (Å²) in [6.45, 7) is 10.8. The Morgan fingerprint density at radius 2 is 1.80 bits per heavy atom. The average Bonchev–Trinajstić information content (AvgIpc) is 2.78. The molecule has 1 aromatic heterocycles. The maximum atomic E-state index is 12.7. The molecule has 0 saturated heterocycles. The molecule has 0 aromatic carbocycles. The number of nitrogens with zero attached hydrogens (tertiary/aromatic N) is 1. The number of sulfonamides is 1. The van der Waals surface area contributed by atoms with Gasteiger partial charge in [0.25, 0.3) is 0 Å². The van der Waals surface area contributed by atoms with Gasteiger partial charge in [-0.3, -0.25) is 0 Å². The number of nitrogens with one attached hydrogen (secondary N) is 1. The second-order valence-electron chi connectivity index (χ2n) is 4.82. The summed E-state index contributed by atoms with van der Waals surface area (Å²) in [6, 6.07) is 1.83. The fraction of sp³-hybridized carbons (Fsp3) is 0.714. The van der Waals surface area contributed by atoms with Gasteiger partial charge in [0.05, 0.1) is 4.90 Å². The monoisotopic (exact) mass is 318 g/mol. The van der Waals surface area contributed by atoms with E-state index in [4.69, 9.17) is 0 Å². The summed E-state index contributed by atoms with van der Waals surface area (Å²) in [5.74, 6) is 0. The second kappa shape index (κ2) is 8.12. The van der Waals surface area contributed by atoms with Gasteiger partial charge in [0, 0.05) is 29.4 Å². The molecular formula is C14H26N2O2S2. The standard InChI is InChI=1S/C14H26N2O2S2/c1-5-8-16(9-6-2)20(17,18)14-10-13(11-15-7-3)19-12(14)4/h10,15H,5-9,11H2,1-4H3. The van der Waals surface area contributed by atoms with E-state index in [9.17, 15) is 8.42 Å². The molecule has 0 aliphatic heterocycles. The van der Waals surface area contributed by atoms with Crippen LogP contribution in [0, 0.1) is 6.92 Å². The molecule has 0 spiro atoms. The lowest BCUT2D eigenvalue weighted by atomic mass is 10.4. The molecule has 0 saturated carbocycles. The summed E-state index contributed by atoms with van der Waals surface area (Å²) in [7, 11) is -3.34. The Morgan fingerprint density at radius 3 is 2.30 bits per heavy atom. The van der Waals surface area contributed by atoms with Gasteiger partial charge in [-0.05, 0) is 32.4 Å². The maximum absolute atomic E-state index is 12.7. The number of thiophene rings is 1. The Morgan fingerprint density at radius 1 is 1.20 bits per heavy atom. The van der Waals surface area contributed by atoms with Crippen molar-refractivity contribution in [1.82, 2.24) is 9.62 Å². The zero-order chi connectivity index (χ0) is 15.2. The molecule has 0 atom stereocenters. The van der Waals surface area contributed by atoms with E-state index in [1.54, 1.807) is 15.6 Å². The molecule has 0 bridgehead atoms. The molecule has 0 unspecified atom stereocenters. The first-order chi connectivity index (χ1) is 9.47. The highest BCUT2D eigenvalue weighted by atomic mass is 32.2. The molecule has 20 heavy (non-hydrogen) atoms. The Kier molecular flexibility index (Phi) is 7.15. The van der Waals surface area contributed by atoms with Crippen LogP contribution in [0.2, 0.25) is 0 Å². The van der Waals surface area contributed by atoms with E-state index in [0.29, 0.717) is 18.0 Å². The summed E-state index contributed by atoms with van der Waals surface area (Å²) in [5.41, 5.74) is 0. The van der Waals surface area contributed by atoms with Crippen molar-refractivity contribution < 1.29 is 8.42 Å². The minimum absolute atomic E-state index is 0.484. The first-order valence-corrected chi connectivity index (χ1v) is 9.53. The van der Waals surface area contributed by atoms with E-state index in [2.05, 4.69) is 5.32 Å². The third kappa shape index (κ3) is 4.28. The predicted molar refractivity (Wildman–Crippen MR) is 85.8 cm³/mol. The van der Waals surface area contributed by atoms with E-state index in [1.165, 1.54) is 0 Å². The van der Waals surface area contributed by atoms with E-state index < -0.39 is 10.0 Å². The van der Waals surface area contributed by atoms with E-state index in [0.717, 1.165) is 35.7 Å². The van der Waals surface area contributed by atoms with Crippen molar-refractivity contribution >= 4 is 21.4 Å². The molecule has 0 fully saturated rings. The molecular weight excluding hydrogens is 292 g/mol. The SMILES string of the molecule is CCCN(CCC)S(=O)(=O)c1cc(CNCC)sc1C. The van der Waals surface area contributed by atoms with E-state index >= 15 is 0 Å². The number of hydrogen-bond donors (Lipinski definition) is 1. The number of rotatable bonds is 9. The largest absolute Gasteiger partial charge is 0.312 e. The molecule has 1 heterocycles. The smallest absolute Gasteiger partial charge is 0.244 e. The molecule has 1 aromatic rings. The van der Waals surface area contributed by atoms with Crippen molar-refractivity contribution in [3.8, 4) is 0 Å². The fourth-order valence-electron chi connectivity index (χ4n) is 2.11. The van der Waals surface area contributed by atoms with Crippen LogP contribution in [0.5, 0.6) is 0 Å². The normalized spacial score (nSPS) is 12.2. The highest BCUT2D eigenvalue weighted by Crippen LogP contribution is 2.28. The number of aryl methyl sites for hydroxylation is 1. The van der Waals surface area contributed by atoms with Gasteiger partial charge in [-0.25, -0.2) is 8.42 Å². The first-order valence-electron chi connectivity index (χ1n) is 7.27. The Bertz CT molecular complexity index is 503. The molecule has 116 valence electrons. The predicted octanol–water partition coefficient (Wildman–Crippen LogP) is 2.98. The quantitative estimate of drug-likeness (QED) is 0.761. The summed E-state index contributed by atoms with van der Waals surface area (Å²) in [5, 5.41) is 3.24. The summed E-state index contributed by atoms with van der Waals surface area (Å²) < 4.78 is 27.1. The molecule has 1 rings (SSSR count). The van der Waals surface area contributed by atoms with Gasteiger partial charge in [-0.15, -0.1) is 11.3 Å². The fourth-order valence-corrected chi connectivity index (χ4v) is 5.30. The van der Waals surface area contributed by atoms with Crippen LogP contribution in [0.4, 0.5) is 0 Å². The summed E-state index contributed by atoms with van der Waals surface area (Å²) in [6.07, 6.45) is 1.68. The minimum atomic E-state index is -3.34. The van der Waals surface area contributed by atoms with E-state index in [-0.39, 0.29) is 0 Å². The van der Waals surface area contributed by atoms with Gasteiger partial charge in [0.15, 0.2) is 0 Å². The maximum Gasteiger partial charge on any atom is 0.244 e. The molecule has 0 radical (unpaired) electrons. The van der Waals surface area contributed by atoms with Crippen molar-refractivity contribution in [3.05, 3.63) is 15.8 Å². The number of hydrogen-bond acceptors (Lipinski definition) is 4. The molecule has 4 nitrogen and oxygen atoms in total. The van der Waals surface area contributed by atoms with Crippen LogP contribution in [0.3, 0.4) is 0 Å². The van der Waals surface area contributed by atoms with Crippen molar-refractivity contribution in [2.45, 2.75) is 52.0 Å². The van der Waals surface area contributed by atoms with Crippen LogP contribution in [0.25, 0.3) is 0 Å². The topological polar surface area (TPSA) is 49.4 Å². The third-order valence-electron chi connectivity index (χ3n) is 3.04.